The molecule has 4 rings (SSSR count). The Morgan fingerprint density at radius 1 is 1.47 bits per heavy atom. The lowest BCUT2D eigenvalue weighted by Gasteiger charge is -2.13. The summed E-state index contributed by atoms with van der Waals surface area (Å²) in [5.74, 6) is 0.898. The Hall–Kier alpha value is -3.42. The normalized spacial score (nSPS) is 16.1. The van der Waals surface area contributed by atoms with Crippen LogP contribution in [0.4, 0.5) is 4.39 Å². The van der Waals surface area contributed by atoms with Gasteiger partial charge < -0.3 is 20.0 Å². The van der Waals surface area contributed by atoms with Crippen molar-refractivity contribution in [2.75, 3.05) is 0 Å². The summed E-state index contributed by atoms with van der Waals surface area (Å²) >= 11 is 0. The van der Waals surface area contributed by atoms with E-state index >= 15 is 0 Å². The molecule has 2 aromatic heterocycles. The van der Waals surface area contributed by atoms with Crippen molar-refractivity contribution < 1.29 is 13.6 Å². The second-order valence-corrected chi connectivity index (χ2v) is 7.78. The molecular formula is C22H24FN5O2. The third-order valence-corrected chi connectivity index (χ3v) is 5.21. The SMILES string of the molecule is C=c1oc(C)c(C(=O)NCc2nc3ccc(F)cc3[nH]2)/c1=C(/N=C\C)NC1(C)CC1. The number of nitrogens with one attached hydrogen (secondary N) is 3. The largest absolute Gasteiger partial charge is 0.461 e. The van der Waals surface area contributed by atoms with Crippen LogP contribution in [0.5, 0.6) is 0 Å². The van der Waals surface area contributed by atoms with Crippen LogP contribution in [0.1, 0.15) is 48.6 Å². The molecule has 0 aliphatic heterocycles. The Morgan fingerprint density at radius 2 is 2.23 bits per heavy atom. The minimum absolute atomic E-state index is 0.0310. The molecule has 0 radical (unpaired) electrons. The molecule has 1 aliphatic carbocycles. The summed E-state index contributed by atoms with van der Waals surface area (Å²) in [5, 5.41) is 6.83. The predicted molar refractivity (Wildman–Crippen MR) is 114 cm³/mol. The van der Waals surface area contributed by atoms with E-state index in [0.717, 1.165) is 12.8 Å². The molecule has 1 aromatic carbocycles. The molecule has 0 bridgehead atoms. The lowest BCUT2D eigenvalue weighted by atomic mass is 10.1. The highest BCUT2D eigenvalue weighted by Crippen LogP contribution is 2.35. The van der Waals surface area contributed by atoms with Gasteiger partial charge in [0.05, 0.1) is 28.4 Å². The number of benzene rings is 1. The first kappa shape index (κ1) is 19.9. The third-order valence-electron chi connectivity index (χ3n) is 5.21. The van der Waals surface area contributed by atoms with Crippen LogP contribution in [0.2, 0.25) is 0 Å². The molecule has 1 amide bonds. The van der Waals surface area contributed by atoms with Crippen molar-refractivity contribution in [3.8, 4) is 0 Å². The molecule has 0 atom stereocenters. The van der Waals surface area contributed by atoms with E-state index < -0.39 is 0 Å². The molecule has 3 aromatic rings. The zero-order valence-electron chi connectivity index (χ0n) is 17.2. The van der Waals surface area contributed by atoms with Gasteiger partial charge in [-0.25, -0.2) is 14.4 Å². The van der Waals surface area contributed by atoms with Gasteiger partial charge in [-0.05, 0) is 51.8 Å². The summed E-state index contributed by atoms with van der Waals surface area (Å²) in [7, 11) is 0. The van der Waals surface area contributed by atoms with Gasteiger partial charge in [-0.3, -0.25) is 4.79 Å². The molecule has 30 heavy (non-hydrogen) atoms. The zero-order chi connectivity index (χ0) is 21.5. The Kier molecular flexibility index (Phi) is 4.93. The van der Waals surface area contributed by atoms with E-state index in [9.17, 15) is 9.18 Å². The van der Waals surface area contributed by atoms with Crippen molar-refractivity contribution in [3.05, 3.63) is 51.8 Å². The fourth-order valence-electron chi connectivity index (χ4n) is 3.38. The average molecular weight is 409 g/mol. The van der Waals surface area contributed by atoms with Crippen LogP contribution < -0.4 is 21.3 Å². The molecule has 0 unspecified atom stereocenters. The standard InChI is InChI=1S/C22H24FN5O2/c1-5-24-20(28-22(4)8-9-22)18-12(2)30-13(3)19(18)21(29)25-11-17-26-15-7-6-14(23)10-16(15)27-17/h5-7,10,28H,2,8-9,11H2,1,3-4H3,(H,25,29)(H,26,27)/b20-18-,24-5-. The van der Waals surface area contributed by atoms with E-state index in [1.807, 2.05) is 6.92 Å². The van der Waals surface area contributed by atoms with E-state index in [4.69, 9.17) is 4.42 Å². The fourth-order valence-corrected chi connectivity index (χ4v) is 3.38. The first-order valence-corrected chi connectivity index (χ1v) is 9.81. The lowest BCUT2D eigenvalue weighted by Crippen LogP contribution is -2.38. The van der Waals surface area contributed by atoms with Crippen molar-refractivity contribution in [1.29, 1.82) is 0 Å². The molecule has 156 valence electrons. The number of carbonyl (C=O) groups excluding carboxylic acids is 1. The van der Waals surface area contributed by atoms with Crippen molar-refractivity contribution in [3.63, 3.8) is 0 Å². The Labute approximate surface area is 172 Å². The molecule has 3 N–H and O–H groups in total. The van der Waals surface area contributed by atoms with Gasteiger partial charge in [0, 0.05) is 11.8 Å². The van der Waals surface area contributed by atoms with Gasteiger partial charge in [-0.15, -0.1) is 0 Å². The Bertz CT molecular complexity index is 1270. The second kappa shape index (κ2) is 7.44. The maximum atomic E-state index is 13.4. The summed E-state index contributed by atoms with van der Waals surface area (Å²) in [6.45, 7) is 9.76. The number of aliphatic imine (C=N–C) groups is 1. The molecule has 2 heterocycles. The summed E-state index contributed by atoms with van der Waals surface area (Å²) in [6.07, 6.45) is 3.74. The number of aryl methyl sites for hydroxylation is 1. The zero-order valence-corrected chi connectivity index (χ0v) is 17.2. The van der Waals surface area contributed by atoms with Gasteiger partial charge >= 0.3 is 0 Å². The smallest absolute Gasteiger partial charge is 0.255 e. The van der Waals surface area contributed by atoms with Crippen LogP contribution in [0.15, 0.2) is 27.6 Å². The molecule has 7 nitrogen and oxygen atoms in total. The Balaban J connectivity index is 1.65. The molecule has 1 fully saturated rings. The van der Waals surface area contributed by atoms with Gasteiger partial charge in [-0.1, -0.05) is 6.58 Å². The van der Waals surface area contributed by atoms with Gasteiger partial charge in [-0.2, -0.15) is 0 Å². The topological polar surface area (TPSA) is 95.3 Å². The third kappa shape index (κ3) is 3.85. The number of hydrogen-bond donors (Lipinski definition) is 3. The predicted octanol–water partition coefficient (Wildman–Crippen LogP) is 2.24. The Morgan fingerprint density at radius 3 is 2.93 bits per heavy atom. The van der Waals surface area contributed by atoms with Gasteiger partial charge in [0.1, 0.15) is 28.6 Å². The number of fused-ring (bicyclic) bond motifs is 1. The number of imidazole rings is 1. The highest BCUT2D eigenvalue weighted by Gasteiger charge is 2.38. The number of furan rings is 1. The van der Waals surface area contributed by atoms with Crippen LogP contribution >= 0.6 is 0 Å². The summed E-state index contributed by atoms with van der Waals surface area (Å²) in [4.78, 5) is 24.9. The number of aromatic amines is 1. The van der Waals surface area contributed by atoms with Gasteiger partial charge in [0.2, 0.25) is 0 Å². The molecule has 0 spiro atoms. The van der Waals surface area contributed by atoms with Crippen molar-refractivity contribution >= 4 is 35.6 Å². The lowest BCUT2D eigenvalue weighted by molar-refractivity contribution is 0.0947. The number of H-pyrrole nitrogens is 1. The van der Waals surface area contributed by atoms with E-state index in [2.05, 4.69) is 39.1 Å². The monoisotopic (exact) mass is 409 g/mol. The second-order valence-electron chi connectivity index (χ2n) is 7.78. The van der Waals surface area contributed by atoms with Crippen molar-refractivity contribution in [2.24, 2.45) is 4.99 Å². The maximum Gasteiger partial charge on any atom is 0.255 e. The summed E-state index contributed by atoms with van der Waals surface area (Å²) in [6, 6.07) is 4.31. The molecule has 1 saturated carbocycles. The minimum Gasteiger partial charge on any atom is -0.461 e. The van der Waals surface area contributed by atoms with E-state index in [1.54, 1.807) is 19.2 Å². The van der Waals surface area contributed by atoms with Crippen LogP contribution in [0.3, 0.4) is 0 Å². The van der Waals surface area contributed by atoms with E-state index in [-0.39, 0.29) is 23.8 Å². The van der Waals surface area contributed by atoms with Crippen molar-refractivity contribution in [2.45, 2.75) is 45.7 Å². The maximum absolute atomic E-state index is 13.4. The first-order valence-electron chi connectivity index (χ1n) is 9.81. The molecule has 8 heteroatoms. The van der Waals surface area contributed by atoms with Crippen LogP contribution in [-0.2, 0) is 6.54 Å². The highest BCUT2D eigenvalue weighted by atomic mass is 19.1. The van der Waals surface area contributed by atoms with Gasteiger partial charge in [0.25, 0.3) is 5.91 Å². The molecule has 0 saturated heterocycles. The number of amides is 1. The van der Waals surface area contributed by atoms with E-state index in [0.29, 0.717) is 44.6 Å². The number of halogens is 1. The number of aromatic nitrogens is 2. The van der Waals surface area contributed by atoms with Crippen molar-refractivity contribution in [1.82, 2.24) is 20.6 Å². The molecular weight excluding hydrogens is 385 g/mol. The fraction of sp³-hybridized carbons (Fsp3) is 0.318. The number of hydrogen-bond acceptors (Lipinski definition) is 5. The van der Waals surface area contributed by atoms with Crippen LogP contribution in [-0.4, -0.2) is 27.6 Å². The first-order chi connectivity index (χ1) is 14.3. The van der Waals surface area contributed by atoms with Gasteiger partial charge in [0.15, 0.2) is 0 Å². The quantitative estimate of drug-likeness (QED) is 0.544. The minimum atomic E-state index is -0.347. The summed E-state index contributed by atoms with van der Waals surface area (Å²) < 4.78 is 19.0. The number of nitrogens with zero attached hydrogens (tertiary/aromatic N) is 2. The highest BCUT2D eigenvalue weighted by molar-refractivity contribution is 5.96. The molecule has 1 aliphatic rings. The van der Waals surface area contributed by atoms with Crippen LogP contribution in [0, 0.1) is 12.7 Å². The number of rotatable bonds is 6. The number of carbonyl (C=O) groups is 1. The summed E-state index contributed by atoms with van der Waals surface area (Å²) in [5.41, 5.74) is 1.95. The van der Waals surface area contributed by atoms with E-state index in [1.165, 1.54) is 12.1 Å². The average Bonchev–Trinajstić information content (AvgIpc) is 3.15. The van der Waals surface area contributed by atoms with Crippen LogP contribution in [0.25, 0.3) is 23.4 Å².